The summed E-state index contributed by atoms with van der Waals surface area (Å²) in [6, 6.07) is 12.9. The first-order valence-electron chi connectivity index (χ1n) is 7.48. The number of benzene rings is 3. The van der Waals surface area contributed by atoms with Crippen LogP contribution in [0, 0.1) is 13.8 Å². The van der Waals surface area contributed by atoms with Crippen molar-refractivity contribution in [3.63, 3.8) is 0 Å². The fourth-order valence-electron chi connectivity index (χ4n) is 2.63. The molecule has 0 aromatic heterocycles. The fourth-order valence-corrected chi connectivity index (χ4v) is 3.34. The summed E-state index contributed by atoms with van der Waals surface area (Å²) in [7, 11) is -4.39. The maximum atomic E-state index is 11.5. The monoisotopic (exact) mass is 379 g/mol. The van der Waals surface area contributed by atoms with Crippen LogP contribution in [0.3, 0.4) is 0 Å². The molecule has 0 spiro atoms. The first-order chi connectivity index (χ1) is 11.8. The van der Waals surface area contributed by atoms with Crippen LogP contribution in [0.5, 0.6) is 5.75 Å². The molecule has 0 fully saturated rings. The minimum atomic E-state index is -4.39. The molecule has 0 radical (unpaired) electrons. The summed E-state index contributed by atoms with van der Waals surface area (Å²) < 4.78 is 32.2. The second-order valence-corrected chi connectivity index (χ2v) is 7.14. The van der Waals surface area contributed by atoms with Crippen molar-refractivity contribution in [2.75, 3.05) is 0 Å². The van der Waals surface area contributed by atoms with Gasteiger partial charge < -0.3 is 5.11 Å². The van der Waals surface area contributed by atoms with Gasteiger partial charge in [-0.05, 0) is 37.6 Å². The van der Waals surface area contributed by atoms with Crippen molar-refractivity contribution in [1.29, 1.82) is 0 Å². The summed E-state index contributed by atoms with van der Waals surface area (Å²) in [4.78, 5) is -0.266. The second-order valence-electron chi connectivity index (χ2n) is 5.75. The second kappa shape index (κ2) is 7.85. The summed E-state index contributed by atoms with van der Waals surface area (Å²) >= 11 is 0. The van der Waals surface area contributed by atoms with Gasteiger partial charge in [0, 0.05) is 10.8 Å². The van der Waals surface area contributed by atoms with Gasteiger partial charge in [0.1, 0.15) is 10.6 Å². The van der Waals surface area contributed by atoms with E-state index >= 15 is 0 Å². The number of aromatic hydroxyl groups is 1. The Balaban J connectivity index is 0.00000243. The van der Waals surface area contributed by atoms with Gasteiger partial charge in [-0.2, -0.15) is 13.5 Å². The molecule has 0 saturated carbocycles. The number of hydrogen-bond donors (Lipinski definition) is 2. The van der Waals surface area contributed by atoms with E-state index in [2.05, 4.69) is 10.2 Å². The number of rotatable bonds is 3. The van der Waals surface area contributed by atoms with Crippen molar-refractivity contribution in [3.8, 4) is 5.75 Å². The minimum absolute atomic E-state index is 0. The van der Waals surface area contributed by atoms with Gasteiger partial charge in [-0.1, -0.05) is 35.9 Å². The molecule has 0 unspecified atom stereocenters. The molecular weight excluding hydrogens is 363 g/mol. The molecule has 0 saturated heterocycles. The summed E-state index contributed by atoms with van der Waals surface area (Å²) in [6.07, 6.45) is 0. The molecular formula is C18H16N2NaO4S+. The smallest absolute Gasteiger partial charge is 0.505 e. The van der Waals surface area contributed by atoms with Crippen LogP contribution in [-0.2, 0) is 10.1 Å². The predicted octanol–water partition coefficient (Wildman–Crippen LogP) is 1.83. The average molecular weight is 379 g/mol. The van der Waals surface area contributed by atoms with E-state index in [1.54, 1.807) is 6.07 Å². The van der Waals surface area contributed by atoms with Crippen molar-refractivity contribution < 1.29 is 47.6 Å². The molecule has 3 rings (SSSR count). The molecule has 8 heteroatoms. The Labute approximate surface area is 173 Å². The van der Waals surface area contributed by atoms with Gasteiger partial charge in [-0.3, -0.25) is 4.55 Å². The summed E-state index contributed by atoms with van der Waals surface area (Å²) in [6.45, 7) is 3.90. The third kappa shape index (κ3) is 4.13. The molecule has 128 valence electrons. The van der Waals surface area contributed by atoms with Gasteiger partial charge >= 0.3 is 29.6 Å². The molecule has 0 atom stereocenters. The summed E-state index contributed by atoms with van der Waals surface area (Å²) in [5, 5.41) is 19.1. The molecule has 0 heterocycles. The molecule has 26 heavy (non-hydrogen) atoms. The van der Waals surface area contributed by atoms with Gasteiger partial charge in [0.15, 0.2) is 5.75 Å². The Hall–Kier alpha value is -1.77. The zero-order valence-electron chi connectivity index (χ0n) is 14.6. The molecule has 3 aromatic rings. The van der Waals surface area contributed by atoms with Crippen LogP contribution in [0.25, 0.3) is 10.8 Å². The van der Waals surface area contributed by atoms with E-state index in [9.17, 15) is 18.1 Å². The van der Waals surface area contributed by atoms with Crippen LogP contribution in [0.2, 0.25) is 0 Å². The van der Waals surface area contributed by atoms with Crippen LogP contribution in [0.1, 0.15) is 11.1 Å². The van der Waals surface area contributed by atoms with E-state index in [0.717, 1.165) is 11.1 Å². The van der Waals surface area contributed by atoms with E-state index in [4.69, 9.17) is 0 Å². The summed E-state index contributed by atoms with van der Waals surface area (Å²) in [5.41, 5.74) is 2.96. The van der Waals surface area contributed by atoms with E-state index in [1.165, 1.54) is 24.3 Å². The van der Waals surface area contributed by atoms with Gasteiger partial charge in [-0.15, -0.1) is 5.11 Å². The standard InChI is InChI=1S/C18H16N2O4S.Na/c1-11-6-8-15(12(2)10-11)19-20-16-9-7-13-14(18(16)21)4-3-5-17(13)25(22,23)24;/h3-10,21H,1-2H3,(H,22,23,24);/q;+1. The SMILES string of the molecule is Cc1ccc(N=Nc2ccc3c(S(=O)(=O)O)cccc3c2O)c(C)c1.[Na+]. The van der Waals surface area contributed by atoms with Crippen molar-refractivity contribution in [3.05, 3.63) is 59.7 Å². The number of phenolic OH excluding ortho intramolecular Hbond substituents is 1. The third-order valence-corrected chi connectivity index (χ3v) is 4.78. The van der Waals surface area contributed by atoms with Crippen LogP contribution < -0.4 is 29.6 Å². The third-order valence-electron chi connectivity index (χ3n) is 3.87. The number of azo groups is 1. The Morgan fingerprint density at radius 1 is 0.885 bits per heavy atom. The molecule has 2 N–H and O–H groups in total. The predicted molar refractivity (Wildman–Crippen MR) is 95.5 cm³/mol. The quantitative estimate of drug-likeness (QED) is 0.412. The minimum Gasteiger partial charge on any atom is -0.505 e. The van der Waals surface area contributed by atoms with Crippen LogP contribution in [-0.4, -0.2) is 18.1 Å². The van der Waals surface area contributed by atoms with Gasteiger partial charge in [0.05, 0.1) is 5.69 Å². The number of phenols is 1. The van der Waals surface area contributed by atoms with Gasteiger partial charge in [0.25, 0.3) is 10.1 Å². The van der Waals surface area contributed by atoms with Crippen LogP contribution in [0.4, 0.5) is 11.4 Å². The maximum absolute atomic E-state index is 11.5. The molecule has 0 aliphatic heterocycles. The van der Waals surface area contributed by atoms with Gasteiger partial charge in [0.2, 0.25) is 0 Å². The number of fused-ring (bicyclic) bond motifs is 1. The molecule has 6 nitrogen and oxygen atoms in total. The number of nitrogens with zero attached hydrogens (tertiary/aromatic N) is 2. The Morgan fingerprint density at radius 3 is 2.19 bits per heavy atom. The van der Waals surface area contributed by atoms with Crippen molar-refractivity contribution >= 4 is 32.3 Å². The van der Waals surface area contributed by atoms with E-state index < -0.39 is 10.1 Å². The Kier molecular flexibility index (Phi) is 6.21. The number of aryl methyl sites for hydroxylation is 2. The summed E-state index contributed by atoms with van der Waals surface area (Å²) in [5.74, 6) is -0.198. The molecule has 0 aliphatic rings. The zero-order valence-corrected chi connectivity index (χ0v) is 17.4. The Bertz CT molecular complexity index is 1110. The largest absolute Gasteiger partial charge is 1.00 e. The van der Waals surface area contributed by atoms with E-state index in [0.29, 0.717) is 5.69 Å². The maximum Gasteiger partial charge on any atom is 1.00 e. The van der Waals surface area contributed by atoms with Gasteiger partial charge in [-0.25, -0.2) is 0 Å². The fraction of sp³-hybridized carbons (Fsp3) is 0.111. The topological polar surface area (TPSA) is 99.3 Å². The van der Waals surface area contributed by atoms with E-state index in [-0.39, 0.29) is 56.7 Å². The van der Waals surface area contributed by atoms with Crippen LogP contribution >= 0.6 is 0 Å². The molecule has 0 amide bonds. The van der Waals surface area contributed by atoms with Crippen LogP contribution in [0.15, 0.2) is 63.7 Å². The average Bonchev–Trinajstić information content (AvgIpc) is 2.54. The molecule has 3 aromatic carbocycles. The normalized spacial score (nSPS) is 11.7. The molecule has 0 aliphatic carbocycles. The number of hydrogen-bond acceptors (Lipinski definition) is 5. The Morgan fingerprint density at radius 2 is 1.54 bits per heavy atom. The van der Waals surface area contributed by atoms with Crippen molar-refractivity contribution in [2.45, 2.75) is 18.7 Å². The first kappa shape index (κ1) is 20.5. The van der Waals surface area contributed by atoms with Crippen molar-refractivity contribution in [1.82, 2.24) is 0 Å². The van der Waals surface area contributed by atoms with E-state index in [1.807, 2.05) is 32.0 Å². The molecule has 0 bridgehead atoms. The van der Waals surface area contributed by atoms with Crippen molar-refractivity contribution in [2.24, 2.45) is 10.2 Å². The zero-order chi connectivity index (χ0) is 18.2. The first-order valence-corrected chi connectivity index (χ1v) is 8.92.